The molecule has 2 aromatic carbocycles. The lowest BCUT2D eigenvalue weighted by Crippen LogP contribution is -2.67. The van der Waals surface area contributed by atoms with E-state index in [4.69, 9.17) is 4.43 Å². The third-order valence-corrected chi connectivity index (χ3v) is 11.5. The maximum absolute atomic E-state index is 11.6. The molecule has 0 spiro atoms. The van der Waals surface area contributed by atoms with E-state index in [9.17, 15) is 4.79 Å². The first-order valence-corrected chi connectivity index (χ1v) is 11.6. The minimum atomic E-state index is -2.48. The minimum Gasteiger partial charge on any atom is -0.404 e. The minimum absolute atomic E-state index is 0.00315. The summed E-state index contributed by atoms with van der Waals surface area (Å²) < 4.78 is 7.14. The fraction of sp³-hybridized carbons (Fsp3) is 0.435. The summed E-state index contributed by atoms with van der Waals surface area (Å²) in [5, 5.41) is 2.63. The fourth-order valence-corrected chi connectivity index (χ4v) is 9.71. The molecule has 0 unspecified atom stereocenters. The molecule has 0 bridgehead atoms. The molecule has 3 heteroatoms. The molecular weight excluding hydrogens is 336 g/mol. The van der Waals surface area contributed by atoms with Gasteiger partial charge in [-0.05, 0) is 40.6 Å². The molecule has 0 amide bonds. The summed E-state index contributed by atoms with van der Waals surface area (Å²) in [4.78, 5) is 11.6. The van der Waals surface area contributed by atoms with E-state index in [1.165, 1.54) is 16.7 Å². The quantitative estimate of drug-likeness (QED) is 0.593. The average molecular weight is 365 g/mol. The van der Waals surface area contributed by atoms with Gasteiger partial charge in [0.05, 0.1) is 0 Å². The van der Waals surface area contributed by atoms with Crippen LogP contribution in [-0.4, -0.2) is 20.7 Å². The van der Waals surface area contributed by atoms with Crippen LogP contribution in [0.3, 0.4) is 0 Å². The first-order valence-electron chi connectivity index (χ1n) is 9.66. The Morgan fingerprint density at radius 2 is 1.50 bits per heavy atom. The standard InChI is InChI=1S/C23H28O2Si/c1-22(2,3)26(20-10-6-4-7-11-20,21-12-8-5-9-13-21)25-19-14-18-15-23(18,16-19)17-24/h4-13,17-19H,14-16H2,1-3H3/t18-,19-,23-/m1/s1. The van der Waals surface area contributed by atoms with Crippen LogP contribution < -0.4 is 10.4 Å². The lowest BCUT2D eigenvalue weighted by molar-refractivity contribution is -0.112. The van der Waals surface area contributed by atoms with Crippen molar-refractivity contribution in [3.05, 3.63) is 60.7 Å². The summed E-state index contributed by atoms with van der Waals surface area (Å²) in [7, 11) is -2.48. The van der Waals surface area contributed by atoms with Crippen molar-refractivity contribution in [2.75, 3.05) is 0 Å². The summed E-state index contributed by atoms with van der Waals surface area (Å²) in [6.45, 7) is 6.93. The van der Waals surface area contributed by atoms with Crippen LogP contribution >= 0.6 is 0 Å². The SMILES string of the molecule is CC(C)(C)[Si](O[C@@H]1C[C@@H]2C[C@]2(C=O)C1)(c1ccccc1)c1ccccc1. The van der Waals surface area contributed by atoms with Crippen LogP contribution in [0.1, 0.15) is 40.0 Å². The Morgan fingerprint density at radius 1 is 0.962 bits per heavy atom. The van der Waals surface area contributed by atoms with Gasteiger partial charge in [-0.3, -0.25) is 0 Å². The molecule has 0 aliphatic heterocycles. The van der Waals surface area contributed by atoms with E-state index in [-0.39, 0.29) is 16.6 Å². The molecule has 26 heavy (non-hydrogen) atoms. The summed E-state index contributed by atoms with van der Waals surface area (Å²) in [5.74, 6) is 0.545. The van der Waals surface area contributed by atoms with Crippen molar-refractivity contribution < 1.29 is 9.22 Å². The molecule has 2 fully saturated rings. The van der Waals surface area contributed by atoms with Crippen LogP contribution in [0.25, 0.3) is 0 Å². The molecule has 3 atom stereocenters. The highest BCUT2D eigenvalue weighted by atomic mass is 28.4. The van der Waals surface area contributed by atoms with E-state index in [0.717, 1.165) is 19.3 Å². The van der Waals surface area contributed by atoms with Gasteiger partial charge < -0.3 is 9.22 Å². The second-order valence-corrected chi connectivity index (χ2v) is 13.3. The third kappa shape index (κ3) is 2.69. The first kappa shape index (κ1) is 17.7. The second kappa shape index (κ2) is 6.17. The van der Waals surface area contributed by atoms with E-state index < -0.39 is 8.32 Å². The van der Waals surface area contributed by atoms with Gasteiger partial charge in [-0.1, -0.05) is 81.4 Å². The van der Waals surface area contributed by atoms with Crippen LogP contribution in [0.4, 0.5) is 0 Å². The molecule has 0 aromatic heterocycles. The topological polar surface area (TPSA) is 26.3 Å². The van der Waals surface area contributed by atoms with Gasteiger partial charge in [-0.15, -0.1) is 0 Å². The third-order valence-electron chi connectivity index (χ3n) is 6.43. The van der Waals surface area contributed by atoms with Crippen molar-refractivity contribution in [3.63, 3.8) is 0 Å². The molecule has 0 heterocycles. The number of hydrogen-bond donors (Lipinski definition) is 0. The number of benzene rings is 2. The van der Waals surface area contributed by atoms with Crippen LogP contribution in [-0.2, 0) is 9.22 Å². The maximum Gasteiger partial charge on any atom is 0.261 e. The van der Waals surface area contributed by atoms with Crippen LogP contribution in [0.2, 0.25) is 5.04 Å². The summed E-state index contributed by atoms with van der Waals surface area (Å²) in [6.07, 6.45) is 4.38. The summed E-state index contributed by atoms with van der Waals surface area (Å²) >= 11 is 0. The monoisotopic (exact) mass is 364 g/mol. The lowest BCUT2D eigenvalue weighted by atomic mass is 10.1. The number of fused-ring (bicyclic) bond motifs is 1. The molecule has 0 saturated heterocycles. The Hall–Kier alpha value is -1.71. The molecule has 2 aromatic rings. The van der Waals surface area contributed by atoms with Gasteiger partial charge in [0, 0.05) is 11.5 Å². The van der Waals surface area contributed by atoms with Gasteiger partial charge >= 0.3 is 0 Å². The van der Waals surface area contributed by atoms with Gasteiger partial charge in [0.15, 0.2) is 0 Å². The Labute approximate surface area is 157 Å². The van der Waals surface area contributed by atoms with Gasteiger partial charge in [-0.25, -0.2) is 0 Å². The molecule has 2 aliphatic rings. The van der Waals surface area contributed by atoms with Crippen LogP contribution in [0, 0.1) is 11.3 Å². The smallest absolute Gasteiger partial charge is 0.261 e. The van der Waals surface area contributed by atoms with Crippen LogP contribution in [0.15, 0.2) is 60.7 Å². The largest absolute Gasteiger partial charge is 0.404 e. The Morgan fingerprint density at radius 3 is 1.92 bits per heavy atom. The van der Waals surface area contributed by atoms with Gasteiger partial charge in [0.25, 0.3) is 8.32 Å². The fourth-order valence-electron chi connectivity index (χ4n) is 5.02. The van der Waals surface area contributed by atoms with Crippen molar-refractivity contribution in [1.82, 2.24) is 0 Å². The van der Waals surface area contributed by atoms with Crippen LogP contribution in [0.5, 0.6) is 0 Å². The maximum atomic E-state index is 11.6. The number of carbonyl (C=O) groups is 1. The lowest BCUT2D eigenvalue weighted by Gasteiger charge is -2.45. The van der Waals surface area contributed by atoms with Crippen molar-refractivity contribution in [2.24, 2.45) is 11.3 Å². The summed E-state index contributed by atoms with van der Waals surface area (Å²) in [6, 6.07) is 21.5. The van der Waals surface area contributed by atoms with Crippen molar-refractivity contribution >= 4 is 25.0 Å². The predicted octanol–water partition coefficient (Wildman–Crippen LogP) is 3.93. The van der Waals surface area contributed by atoms with E-state index in [1.807, 2.05) is 0 Å². The van der Waals surface area contributed by atoms with E-state index >= 15 is 0 Å². The van der Waals surface area contributed by atoms with Crippen molar-refractivity contribution in [2.45, 2.75) is 51.2 Å². The highest BCUT2D eigenvalue weighted by Crippen LogP contribution is 2.63. The normalized spacial score (nSPS) is 27.8. The highest BCUT2D eigenvalue weighted by Gasteiger charge is 2.62. The number of rotatable bonds is 5. The number of hydrogen-bond acceptors (Lipinski definition) is 2. The second-order valence-electron chi connectivity index (χ2n) is 9.09. The number of carbonyl (C=O) groups excluding carboxylic acids is 1. The van der Waals surface area contributed by atoms with Crippen molar-refractivity contribution in [1.29, 1.82) is 0 Å². The van der Waals surface area contributed by atoms with Gasteiger partial charge in [0.2, 0.25) is 0 Å². The molecule has 0 N–H and O–H groups in total. The zero-order chi connectivity index (χ0) is 18.4. The predicted molar refractivity (Wildman–Crippen MR) is 108 cm³/mol. The first-order chi connectivity index (χ1) is 12.4. The zero-order valence-corrected chi connectivity index (χ0v) is 16.9. The summed E-state index contributed by atoms with van der Waals surface area (Å²) in [5.41, 5.74) is -0.0733. The Bertz CT molecular complexity index is 741. The van der Waals surface area contributed by atoms with E-state index in [0.29, 0.717) is 5.92 Å². The molecular formula is C23H28O2Si. The molecule has 0 radical (unpaired) electrons. The van der Waals surface area contributed by atoms with Gasteiger partial charge in [0.1, 0.15) is 6.29 Å². The molecule has 2 aliphatic carbocycles. The zero-order valence-electron chi connectivity index (χ0n) is 15.9. The average Bonchev–Trinajstić information content (AvgIpc) is 3.21. The number of aldehydes is 1. The Balaban J connectivity index is 1.80. The molecule has 2 nitrogen and oxygen atoms in total. The molecule has 2 saturated carbocycles. The molecule has 4 rings (SSSR count). The molecule has 136 valence electrons. The van der Waals surface area contributed by atoms with E-state index in [1.54, 1.807) is 0 Å². The van der Waals surface area contributed by atoms with E-state index in [2.05, 4.69) is 81.4 Å². The van der Waals surface area contributed by atoms with Gasteiger partial charge in [-0.2, -0.15) is 0 Å². The highest BCUT2D eigenvalue weighted by molar-refractivity contribution is 6.99. The Kier molecular flexibility index (Phi) is 4.20. The van der Waals surface area contributed by atoms with Crippen molar-refractivity contribution in [3.8, 4) is 0 Å².